The lowest BCUT2D eigenvalue weighted by molar-refractivity contribution is 0.838. The van der Waals surface area contributed by atoms with Crippen LogP contribution in [0.25, 0.3) is 20.6 Å². The van der Waals surface area contributed by atoms with E-state index in [9.17, 15) is 0 Å². The predicted molar refractivity (Wildman–Crippen MR) is 210 cm³/mol. The summed E-state index contributed by atoms with van der Waals surface area (Å²) in [6, 6.07) is 54.4. The van der Waals surface area contributed by atoms with Crippen molar-refractivity contribution >= 4 is 65.9 Å². The Labute approximate surface area is 291 Å². The van der Waals surface area contributed by atoms with Crippen molar-refractivity contribution in [1.29, 1.82) is 0 Å². The molecular formula is C44H37IN2. The lowest BCUT2D eigenvalue weighted by Crippen LogP contribution is -2.34. The van der Waals surface area contributed by atoms with E-state index in [-0.39, 0.29) is 0 Å². The van der Waals surface area contributed by atoms with E-state index in [2.05, 4.69) is 213 Å². The second kappa shape index (κ2) is 14.3. The lowest BCUT2D eigenvalue weighted by Gasteiger charge is -2.31. The molecule has 1 unspecified atom stereocenters. The standard InChI is InChI=1S/C44H37IN2/c1-2-43(42-22-12-10-15-36(42)32-45)46(37-17-5-3-6-18-37)39-28-24-33(25-29-39)34-26-30-40(31-27-34)47(38-19-7-4-8-20-38)44-23-13-16-35-14-9-11-21-41(35)44/h3-24,26-33H,2,25H2,1H3/b36-32-,43-42+. The molecule has 1 aliphatic rings. The van der Waals surface area contributed by atoms with Gasteiger partial charge in [0.25, 0.3) is 0 Å². The third kappa shape index (κ3) is 6.41. The normalized spacial score (nSPS) is 15.3. The van der Waals surface area contributed by atoms with Crippen molar-refractivity contribution in [2.45, 2.75) is 25.7 Å². The predicted octanol–water partition coefficient (Wildman–Crippen LogP) is 11.1. The first-order chi connectivity index (χ1) is 23.2. The first kappa shape index (κ1) is 30.8. The van der Waals surface area contributed by atoms with Crippen LogP contribution in [0.5, 0.6) is 0 Å². The number of halogens is 1. The van der Waals surface area contributed by atoms with Crippen LogP contribution >= 0.6 is 22.6 Å². The Hall–Kier alpha value is -4.87. The van der Waals surface area contributed by atoms with E-state index in [1.807, 2.05) is 0 Å². The number of para-hydroxylation sites is 2. The zero-order valence-corrected chi connectivity index (χ0v) is 28.7. The molecule has 0 heterocycles. The summed E-state index contributed by atoms with van der Waals surface area (Å²) < 4.78 is 2.18. The molecular weight excluding hydrogens is 683 g/mol. The van der Waals surface area contributed by atoms with Gasteiger partial charge in [-0.25, -0.2) is 0 Å². The molecule has 6 aromatic carbocycles. The Morgan fingerprint density at radius 2 is 1.32 bits per heavy atom. The minimum absolute atomic E-state index is 0.313. The van der Waals surface area contributed by atoms with E-state index < -0.39 is 0 Å². The average Bonchev–Trinajstić information content (AvgIpc) is 3.15. The van der Waals surface area contributed by atoms with E-state index in [4.69, 9.17) is 0 Å². The average molecular weight is 721 g/mol. The molecule has 0 amide bonds. The Morgan fingerprint density at radius 3 is 2.02 bits per heavy atom. The molecule has 0 aliphatic heterocycles. The van der Waals surface area contributed by atoms with Gasteiger partial charge in [-0.1, -0.05) is 151 Å². The number of anilines is 4. The zero-order valence-electron chi connectivity index (χ0n) is 26.5. The SMILES string of the molecule is CC/C(=c1/cccc/c1=C/I)N(C1=CCC(c2ccc(N(c3ccccc3)c3cccc4ccccc34)cc2)C=C1)c1ccccc1. The van der Waals surface area contributed by atoms with Gasteiger partial charge in [0.1, 0.15) is 0 Å². The molecule has 230 valence electrons. The van der Waals surface area contributed by atoms with Crippen molar-refractivity contribution in [2.75, 3.05) is 9.80 Å². The fourth-order valence-electron chi connectivity index (χ4n) is 6.66. The smallest absolute Gasteiger partial charge is 0.0540 e. The number of benzene rings is 6. The molecule has 1 aliphatic carbocycles. The van der Waals surface area contributed by atoms with Crippen LogP contribution in [0.4, 0.5) is 22.7 Å². The van der Waals surface area contributed by atoms with Gasteiger partial charge in [-0.3, -0.25) is 0 Å². The highest BCUT2D eigenvalue weighted by Gasteiger charge is 2.20. The number of rotatable bonds is 8. The Morgan fingerprint density at radius 1 is 0.681 bits per heavy atom. The summed E-state index contributed by atoms with van der Waals surface area (Å²) in [5.74, 6) is 0.313. The first-order valence-corrected chi connectivity index (χ1v) is 17.5. The second-order valence-electron chi connectivity index (χ2n) is 11.8. The van der Waals surface area contributed by atoms with Crippen LogP contribution in [0.3, 0.4) is 0 Å². The Kier molecular flexibility index (Phi) is 9.34. The number of hydrogen-bond donors (Lipinski definition) is 0. The number of nitrogens with zero attached hydrogens (tertiary/aromatic N) is 2. The van der Waals surface area contributed by atoms with Crippen LogP contribution in [0.1, 0.15) is 31.2 Å². The van der Waals surface area contributed by atoms with E-state index in [0.717, 1.165) is 24.2 Å². The molecule has 0 spiro atoms. The van der Waals surface area contributed by atoms with E-state index in [0.29, 0.717) is 5.92 Å². The number of hydrogen-bond acceptors (Lipinski definition) is 2. The van der Waals surface area contributed by atoms with Crippen LogP contribution in [0, 0.1) is 0 Å². The van der Waals surface area contributed by atoms with E-state index >= 15 is 0 Å². The maximum atomic E-state index is 2.44. The summed E-state index contributed by atoms with van der Waals surface area (Å²) in [5.41, 5.74) is 8.49. The maximum Gasteiger partial charge on any atom is 0.0540 e. The minimum Gasteiger partial charge on any atom is -0.314 e. The van der Waals surface area contributed by atoms with Gasteiger partial charge in [-0.2, -0.15) is 0 Å². The van der Waals surface area contributed by atoms with Gasteiger partial charge >= 0.3 is 0 Å². The van der Waals surface area contributed by atoms with Crippen molar-refractivity contribution in [3.05, 3.63) is 192 Å². The van der Waals surface area contributed by atoms with Crippen molar-refractivity contribution in [3.63, 3.8) is 0 Å². The highest BCUT2D eigenvalue weighted by molar-refractivity contribution is 14.1. The summed E-state index contributed by atoms with van der Waals surface area (Å²) >= 11 is 2.36. The third-order valence-corrected chi connectivity index (χ3v) is 9.62. The number of fused-ring (bicyclic) bond motifs is 1. The van der Waals surface area contributed by atoms with Crippen LogP contribution in [-0.2, 0) is 0 Å². The first-order valence-electron chi connectivity index (χ1n) is 16.3. The second-order valence-corrected chi connectivity index (χ2v) is 12.4. The van der Waals surface area contributed by atoms with Gasteiger partial charge in [0.15, 0.2) is 0 Å². The molecule has 0 fully saturated rings. The highest BCUT2D eigenvalue weighted by atomic mass is 127. The van der Waals surface area contributed by atoms with E-state index in [1.54, 1.807) is 0 Å². The van der Waals surface area contributed by atoms with Crippen LogP contribution in [0.2, 0.25) is 0 Å². The Balaban J connectivity index is 1.21. The molecule has 3 heteroatoms. The molecule has 0 saturated carbocycles. The van der Waals surface area contributed by atoms with Crippen molar-refractivity contribution in [1.82, 2.24) is 0 Å². The molecule has 7 rings (SSSR count). The molecule has 0 saturated heterocycles. The van der Waals surface area contributed by atoms with Gasteiger partial charge < -0.3 is 9.80 Å². The summed E-state index contributed by atoms with van der Waals surface area (Å²) in [4.78, 5) is 4.81. The summed E-state index contributed by atoms with van der Waals surface area (Å²) in [6.45, 7) is 2.25. The summed E-state index contributed by atoms with van der Waals surface area (Å²) in [5, 5.41) is 4.99. The monoisotopic (exact) mass is 720 g/mol. The zero-order chi connectivity index (χ0) is 32.0. The quantitative estimate of drug-likeness (QED) is 0.145. The van der Waals surface area contributed by atoms with Crippen LogP contribution in [0.15, 0.2) is 176 Å². The van der Waals surface area contributed by atoms with Gasteiger partial charge in [0, 0.05) is 45.0 Å². The molecule has 0 radical (unpaired) electrons. The molecule has 2 nitrogen and oxygen atoms in total. The van der Waals surface area contributed by atoms with Gasteiger partial charge in [0.2, 0.25) is 0 Å². The van der Waals surface area contributed by atoms with Gasteiger partial charge in [-0.05, 0) is 81.6 Å². The lowest BCUT2D eigenvalue weighted by atomic mass is 9.91. The third-order valence-electron chi connectivity index (χ3n) is 8.95. The van der Waals surface area contributed by atoms with Crippen LogP contribution < -0.4 is 20.2 Å². The molecule has 6 aromatic rings. The molecule has 0 bridgehead atoms. The van der Waals surface area contributed by atoms with Crippen molar-refractivity contribution in [3.8, 4) is 0 Å². The van der Waals surface area contributed by atoms with Gasteiger partial charge in [0.05, 0.1) is 5.69 Å². The minimum atomic E-state index is 0.313. The maximum absolute atomic E-state index is 2.44. The fraction of sp³-hybridized carbons (Fsp3) is 0.0909. The molecule has 0 N–H and O–H groups in total. The topological polar surface area (TPSA) is 6.48 Å². The van der Waals surface area contributed by atoms with Crippen LogP contribution in [-0.4, -0.2) is 0 Å². The molecule has 1 atom stereocenters. The molecule has 0 aromatic heterocycles. The Bertz CT molecular complexity index is 2160. The fourth-order valence-corrected chi connectivity index (χ4v) is 7.21. The van der Waals surface area contributed by atoms with Gasteiger partial charge in [-0.15, -0.1) is 0 Å². The molecule has 47 heavy (non-hydrogen) atoms. The summed E-state index contributed by atoms with van der Waals surface area (Å²) in [7, 11) is 0. The van der Waals surface area contributed by atoms with E-state index in [1.165, 1.54) is 49.5 Å². The summed E-state index contributed by atoms with van der Waals surface area (Å²) in [6.07, 6.45) is 8.96. The van der Waals surface area contributed by atoms with Crippen molar-refractivity contribution < 1.29 is 0 Å². The van der Waals surface area contributed by atoms with Crippen molar-refractivity contribution in [2.24, 2.45) is 0 Å². The largest absolute Gasteiger partial charge is 0.314 e. The highest BCUT2D eigenvalue weighted by Crippen LogP contribution is 2.40. The number of allylic oxidation sites excluding steroid dienone is 3.